The molecule has 142 valence electrons. The Hall–Kier alpha value is -2.67. The Balaban J connectivity index is 2.02. The van der Waals surface area contributed by atoms with E-state index in [4.69, 9.17) is 0 Å². The van der Waals surface area contributed by atoms with Crippen LogP contribution in [0.2, 0.25) is 0 Å². The van der Waals surface area contributed by atoms with Gasteiger partial charge in [0, 0.05) is 11.4 Å². The number of hydrogen-bond acceptors (Lipinski definition) is 7. The van der Waals surface area contributed by atoms with Crippen LogP contribution < -0.4 is 20.9 Å². The molecule has 7 heteroatoms. The molecule has 3 rings (SSSR count). The Morgan fingerprint density at radius 3 is 1.41 bits per heavy atom. The summed E-state index contributed by atoms with van der Waals surface area (Å²) in [6.45, 7) is 7.92. The van der Waals surface area contributed by atoms with Crippen molar-refractivity contribution in [1.29, 1.82) is 0 Å². The lowest BCUT2D eigenvalue weighted by Crippen LogP contribution is -2.50. The van der Waals surface area contributed by atoms with Gasteiger partial charge in [0.25, 0.3) is 0 Å². The number of hydrazone groups is 2. The molecule has 2 N–H and O–H groups in total. The molecule has 6 nitrogen and oxygen atoms in total. The van der Waals surface area contributed by atoms with E-state index in [0.717, 1.165) is 22.8 Å². The lowest BCUT2D eigenvalue weighted by Gasteiger charge is -2.36. The molecule has 1 saturated heterocycles. The Bertz CT molecular complexity index is 717. The highest BCUT2D eigenvalue weighted by atomic mass is 32.2. The summed E-state index contributed by atoms with van der Waals surface area (Å²) >= 11 is 1.72. The maximum absolute atomic E-state index is 4.45. The summed E-state index contributed by atoms with van der Waals surface area (Å²) in [6, 6.07) is 20.6. The molecule has 0 spiro atoms. The van der Waals surface area contributed by atoms with Gasteiger partial charge in [-0.3, -0.25) is 10.9 Å². The molecule has 0 saturated carbocycles. The zero-order valence-corrected chi connectivity index (χ0v) is 16.9. The van der Waals surface area contributed by atoms with Crippen LogP contribution in [0.1, 0.15) is 27.7 Å². The van der Waals surface area contributed by atoms with Crippen molar-refractivity contribution < 1.29 is 0 Å². The summed E-state index contributed by atoms with van der Waals surface area (Å²) in [4.78, 5) is 0. The summed E-state index contributed by atoms with van der Waals surface area (Å²) in [6.07, 6.45) is 0. The Morgan fingerprint density at radius 2 is 1.07 bits per heavy atom. The van der Waals surface area contributed by atoms with Gasteiger partial charge < -0.3 is 0 Å². The van der Waals surface area contributed by atoms with Crippen LogP contribution in [0, 0.1) is 0 Å². The molecule has 0 aromatic heterocycles. The van der Waals surface area contributed by atoms with Gasteiger partial charge in [0.05, 0.1) is 11.4 Å². The van der Waals surface area contributed by atoms with Crippen LogP contribution in [-0.2, 0) is 0 Å². The number of anilines is 2. The molecule has 0 unspecified atom stereocenters. The maximum atomic E-state index is 4.45. The zero-order chi connectivity index (χ0) is 19.2. The third-order valence-corrected chi connectivity index (χ3v) is 4.90. The maximum Gasteiger partial charge on any atom is 0.185 e. The van der Waals surface area contributed by atoms with Crippen LogP contribution in [0.3, 0.4) is 0 Å². The van der Waals surface area contributed by atoms with Gasteiger partial charge in [-0.1, -0.05) is 48.2 Å². The first kappa shape index (κ1) is 19.1. The summed E-state index contributed by atoms with van der Waals surface area (Å²) in [5.41, 5.74) is 10.6. The summed E-state index contributed by atoms with van der Waals surface area (Å²) in [5, 5.41) is 13.3. The Morgan fingerprint density at radius 1 is 0.704 bits per heavy atom. The van der Waals surface area contributed by atoms with Crippen LogP contribution in [0.4, 0.5) is 11.4 Å². The summed E-state index contributed by atoms with van der Waals surface area (Å²) in [7, 11) is 0. The minimum atomic E-state index is -0.0765. The van der Waals surface area contributed by atoms with Gasteiger partial charge in [0.15, 0.2) is 11.0 Å². The minimum absolute atomic E-state index is 0.0765. The van der Waals surface area contributed by atoms with Crippen LogP contribution in [0.5, 0.6) is 0 Å². The number of hydrazine groups is 1. The van der Waals surface area contributed by atoms with Gasteiger partial charge >= 0.3 is 0 Å². The number of nitrogens with zero attached hydrogens (tertiary/aromatic N) is 4. The van der Waals surface area contributed by atoms with Crippen LogP contribution >= 0.6 is 11.8 Å². The van der Waals surface area contributed by atoms with Gasteiger partial charge in [-0.2, -0.15) is 10.2 Å². The number of thioether (sulfide) groups is 1. The third-order valence-electron chi connectivity index (χ3n) is 3.77. The highest BCUT2D eigenvalue weighted by Gasteiger charge is 2.41. The monoisotopic (exact) mass is 382 g/mol. The van der Waals surface area contributed by atoms with E-state index in [1.807, 2.05) is 64.1 Å². The molecule has 2 atom stereocenters. The van der Waals surface area contributed by atoms with E-state index < -0.39 is 0 Å². The van der Waals surface area contributed by atoms with Crippen molar-refractivity contribution in [1.82, 2.24) is 10.9 Å². The van der Waals surface area contributed by atoms with Gasteiger partial charge in [0.1, 0.15) is 0 Å². The molecule has 0 bridgehead atoms. The summed E-state index contributed by atoms with van der Waals surface area (Å²) < 4.78 is 0. The fraction of sp³-hybridized carbons (Fsp3) is 0.300. The normalized spacial score (nSPS) is 18.8. The fourth-order valence-electron chi connectivity index (χ4n) is 2.68. The van der Waals surface area contributed by atoms with Gasteiger partial charge in [-0.05, 0) is 52.0 Å². The van der Waals surface area contributed by atoms with E-state index in [9.17, 15) is 0 Å². The molecule has 27 heavy (non-hydrogen) atoms. The molecule has 0 radical (unpaired) electrons. The molecule has 1 heterocycles. The molecule has 1 aliphatic rings. The largest absolute Gasteiger partial charge is 0.276 e. The van der Waals surface area contributed by atoms with E-state index in [2.05, 4.69) is 55.3 Å². The predicted molar refractivity (Wildman–Crippen MR) is 117 cm³/mol. The van der Waals surface area contributed by atoms with E-state index in [-0.39, 0.29) is 11.0 Å². The Labute approximate surface area is 165 Å². The van der Waals surface area contributed by atoms with Crippen molar-refractivity contribution in [2.24, 2.45) is 10.2 Å². The lowest BCUT2D eigenvalue weighted by atomic mass is 10.3. The topological polar surface area (TPSA) is 55.3 Å². The van der Waals surface area contributed by atoms with Crippen molar-refractivity contribution in [2.75, 3.05) is 10.0 Å². The van der Waals surface area contributed by atoms with E-state index >= 15 is 0 Å². The first-order valence-corrected chi connectivity index (χ1v) is 9.87. The second-order valence-corrected chi connectivity index (χ2v) is 7.74. The van der Waals surface area contributed by atoms with Crippen LogP contribution in [0.25, 0.3) is 0 Å². The average molecular weight is 383 g/mol. The van der Waals surface area contributed by atoms with Crippen molar-refractivity contribution in [3.8, 4) is 0 Å². The van der Waals surface area contributed by atoms with Gasteiger partial charge in [0.2, 0.25) is 0 Å². The van der Waals surface area contributed by atoms with E-state index in [1.165, 1.54) is 0 Å². The molecule has 0 amide bonds. The standard InChI is InChI=1S/C20H26N6S/c1-15(2)21-23-19-25(17-11-7-5-8-12-17)26(18-13-9-6-10-14-18)20(27-19)24-22-16(3)4/h5-14,19-20,23-24H,1-4H3/t19-,20+. The van der Waals surface area contributed by atoms with Crippen molar-refractivity contribution >= 4 is 34.6 Å². The number of para-hydroxylation sites is 2. The summed E-state index contributed by atoms with van der Waals surface area (Å²) in [5.74, 6) is 0. The quantitative estimate of drug-likeness (QED) is 0.579. The van der Waals surface area contributed by atoms with Crippen molar-refractivity contribution in [2.45, 2.75) is 38.7 Å². The average Bonchev–Trinajstić information content (AvgIpc) is 3.04. The van der Waals surface area contributed by atoms with Crippen molar-refractivity contribution in [3.63, 3.8) is 0 Å². The number of rotatable bonds is 6. The van der Waals surface area contributed by atoms with Gasteiger partial charge in [-0.15, -0.1) is 0 Å². The minimum Gasteiger partial charge on any atom is -0.276 e. The molecular weight excluding hydrogens is 356 g/mol. The zero-order valence-electron chi connectivity index (χ0n) is 16.1. The van der Waals surface area contributed by atoms with Gasteiger partial charge in [-0.25, -0.2) is 10.0 Å². The smallest absolute Gasteiger partial charge is 0.185 e. The predicted octanol–water partition coefficient (Wildman–Crippen LogP) is 4.20. The van der Waals surface area contributed by atoms with E-state index in [0.29, 0.717) is 0 Å². The fourth-order valence-corrected chi connectivity index (χ4v) is 3.83. The molecule has 2 aromatic carbocycles. The first-order chi connectivity index (χ1) is 13.1. The SMILES string of the molecule is CC(C)=NN[C@@H]1S[C@H](NN=C(C)C)N(c2ccccc2)N1c1ccccc1. The second-order valence-electron chi connectivity index (χ2n) is 6.58. The van der Waals surface area contributed by atoms with Crippen LogP contribution in [0.15, 0.2) is 70.9 Å². The molecule has 1 aliphatic heterocycles. The first-order valence-electron chi connectivity index (χ1n) is 8.93. The molecule has 0 aliphatic carbocycles. The number of hydrogen-bond donors (Lipinski definition) is 2. The highest BCUT2D eigenvalue weighted by Crippen LogP contribution is 2.39. The van der Waals surface area contributed by atoms with Crippen LogP contribution in [-0.4, -0.2) is 22.4 Å². The highest BCUT2D eigenvalue weighted by molar-refractivity contribution is 8.00. The molecular formula is C20H26N6S. The number of benzene rings is 2. The van der Waals surface area contributed by atoms with Crippen molar-refractivity contribution in [3.05, 3.63) is 60.7 Å². The second kappa shape index (κ2) is 8.81. The number of nitrogens with one attached hydrogen (secondary N) is 2. The molecule has 1 fully saturated rings. The molecule has 2 aromatic rings. The lowest BCUT2D eigenvalue weighted by molar-refractivity contribution is 0.593. The third kappa shape index (κ3) is 4.74. The Kier molecular flexibility index (Phi) is 6.24. The van der Waals surface area contributed by atoms with E-state index in [1.54, 1.807) is 11.8 Å².